The summed E-state index contributed by atoms with van der Waals surface area (Å²) in [6, 6.07) is 8.82. The van der Waals surface area contributed by atoms with E-state index in [0.29, 0.717) is 30.3 Å². The van der Waals surface area contributed by atoms with E-state index < -0.39 is 11.7 Å². The number of carbonyl (C=O) groups excluding carboxylic acids is 2. The molecule has 1 aliphatic heterocycles. The van der Waals surface area contributed by atoms with Crippen LogP contribution in [-0.4, -0.2) is 73.4 Å². The Morgan fingerprint density at radius 3 is 2.41 bits per heavy atom. The van der Waals surface area contributed by atoms with E-state index in [4.69, 9.17) is 10.5 Å². The quantitative estimate of drug-likeness (QED) is 0.468. The molecule has 2 amide bonds. The van der Waals surface area contributed by atoms with Crippen LogP contribution in [0, 0.1) is 0 Å². The summed E-state index contributed by atoms with van der Waals surface area (Å²) in [5.74, 6) is 1.74. The topological polar surface area (TPSA) is 156 Å². The second-order valence-electron chi connectivity index (χ2n) is 9.62. The van der Waals surface area contributed by atoms with Crippen molar-refractivity contribution in [3.8, 4) is 5.82 Å². The lowest BCUT2D eigenvalue weighted by Crippen LogP contribution is -2.33. The number of benzene rings is 1. The van der Waals surface area contributed by atoms with Gasteiger partial charge in [-0.3, -0.25) is 10.1 Å². The van der Waals surface area contributed by atoms with Crippen molar-refractivity contribution < 1.29 is 14.3 Å². The van der Waals surface area contributed by atoms with Gasteiger partial charge >= 0.3 is 6.09 Å². The number of anilines is 5. The van der Waals surface area contributed by atoms with Gasteiger partial charge in [-0.25, -0.2) is 14.8 Å². The first-order chi connectivity index (χ1) is 17.6. The first-order valence-electron chi connectivity index (χ1n) is 12.0. The molecule has 0 radical (unpaired) electrons. The lowest BCUT2D eigenvalue weighted by atomic mass is 10.2. The molecule has 1 aliphatic rings. The van der Waals surface area contributed by atoms with Gasteiger partial charge in [-0.05, 0) is 51.5 Å². The predicted octanol–water partition coefficient (Wildman–Crippen LogP) is 2.79. The Kier molecular flexibility index (Phi) is 7.41. The molecular weight excluding hydrogens is 476 g/mol. The molecule has 196 valence electrons. The number of hydrogen-bond donors (Lipinski definition) is 3. The maximum atomic E-state index is 11.9. The zero-order valence-electron chi connectivity index (χ0n) is 21.4. The summed E-state index contributed by atoms with van der Waals surface area (Å²) in [5, 5.41) is 10.2. The van der Waals surface area contributed by atoms with Gasteiger partial charge in [0.1, 0.15) is 17.7 Å². The molecule has 0 saturated carbocycles. The van der Waals surface area contributed by atoms with E-state index in [1.165, 1.54) is 11.0 Å². The van der Waals surface area contributed by atoms with Crippen LogP contribution in [0.5, 0.6) is 0 Å². The van der Waals surface area contributed by atoms with Crippen molar-refractivity contribution in [3.05, 3.63) is 36.7 Å². The normalized spacial score (nSPS) is 14.2. The molecule has 4 rings (SSSR count). The molecule has 37 heavy (non-hydrogen) atoms. The number of carbonyl (C=O) groups is 2. The first-order valence-corrected chi connectivity index (χ1v) is 12.0. The van der Waals surface area contributed by atoms with E-state index in [1.54, 1.807) is 58.0 Å². The summed E-state index contributed by atoms with van der Waals surface area (Å²) in [6.07, 6.45) is 1.79. The second-order valence-corrected chi connectivity index (χ2v) is 9.62. The summed E-state index contributed by atoms with van der Waals surface area (Å²) >= 11 is 0. The van der Waals surface area contributed by atoms with Crippen molar-refractivity contribution in [3.63, 3.8) is 0 Å². The van der Waals surface area contributed by atoms with Gasteiger partial charge < -0.3 is 25.6 Å². The van der Waals surface area contributed by atoms with Gasteiger partial charge in [0.05, 0.1) is 0 Å². The minimum Gasteiger partial charge on any atom is -0.444 e. The van der Waals surface area contributed by atoms with E-state index in [-0.39, 0.29) is 17.8 Å². The minimum absolute atomic E-state index is 0.0783. The van der Waals surface area contributed by atoms with E-state index in [1.807, 2.05) is 4.90 Å². The van der Waals surface area contributed by atoms with Crippen molar-refractivity contribution in [2.45, 2.75) is 39.7 Å². The molecule has 1 fully saturated rings. The third-order valence-corrected chi connectivity index (χ3v) is 5.54. The van der Waals surface area contributed by atoms with Crippen molar-refractivity contribution in [2.75, 3.05) is 47.4 Å². The van der Waals surface area contributed by atoms with Crippen LogP contribution in [0.1, 0.15) is 34.1 Å². The van der Waals surface area contributed by atoms with Crippen LogP contribution >= 0.6 is 0 Å². The number of hydrogen-bond acceptors (Lipinski definition) is 10. The molecule has 0 bridgehead atoms. The van der Waals surface area contributed by atoms with Crippen molar-refractivity contribution in [2.24, 2.45) is 0 Å². The highest BCUT2D eigenvalue weighted by molar-refractivity contribution is 5.85. The Labute approximate surface area is 215 Å². The standard InChI is InChI=1S/C24H32N10O3/c1-16(35)32-10-5-11-33(13-12-32)19-14-20(27-15-26-19)34-21(25)30-22(31-34)28-17-6-8-18(9-7-17)29-23(36)37-24(2,3)4/h6-9,14-15H,5,10-13H2,1-4H3,(H,29,36)(H3,25,28,30,31). The molecule has 3 heterocycles. The molecule has 3 aromatic rings. The SMILES string of the molecule is CC(=O)N1CCCN(c2cc(-n3nc(Nc4ccc(NC(=O)OC(C)(C)C)cc4)nc3N)ncn2)CC1. The maximum absolute atomic E-state index is 11.9. The van der Waals surface area contributed by atoms with Gasteiger partial charge in [0.2, 0.25) is 17.8 Å². The Hall–Kier alpha value is -4.42. The van der Waals surface area contributed by atoms with Gasteiger partial charge in [-0.15, -0.1) is 5.10 Å². The number of nitrogens with one attached hydrogen (secondary N) is 2. The predicted molar refractivity (Wildman–Crippen MR) is 140 cm³/mol. The number of aromatic nitrogens is 5. The fourth-order valence-corrected chi connectivity index (χ4v) is 3.82. The molecule has 1 saturated heterocycles. The monoisotopic (exact) mass is 508 g/mol. The zero-order chi connectivity index (χ0) is 26.6. The number of nitrogens with zero attached hydrogens (tertiary/aromatic N) is 7. The smallest absolute Gasteiger partial charge is 0.412 e. The minimum atomic E-state index is -0.579. The summed E-state index contributed by atoms with van der Waals surface area (Å²) in [6.45, 7) is 9.82. The molecule has 13 nitrogen and oxygen atoms in total. The van der Waals surface area contributed by atoms with Crippen LogP contribution in [0.15, 0.2) is 36.7 Å². The van der Waals surface area contributed by atoms with Crippen LogP contribution in [-0.2, 0) is 9.53 Å². The summed E-state index contributed by atoms with van der Waals surface area (Å²) < 4.78 is 6.70. The highest BCUT2D eigenvalue weighted by Gasteiger charge is 2.19. The van der Waals surface area contributed by atoms with E-state index >= 15 is 0 Å². The van der Waals surface area contributed by atoms with Crippen LogP contribution in [0.25, 0.3) is 5.82 Å². The molecule has 4 N–H and O–H groups in total. The lowest BCUT2D eigenvalue weighted by Gasteiger charge is -2.22. The molecule has 1 aromatic carbocycles. The number of nitrogens with two attached hydrogens (primary N) is 1. The van der Waals surface area contributed by atoms with Gasteiger partial charge in [-0.2, -0.15) is 9.67 Å². The molecule has 2 aromatic heterocycles. The van der Waals surface area contributed by atoms with Gasteiger partial charge in [0.25, 0.3) is 0 Å². The maximum Gasteiger partial charge on any atom is 0.412 e. The molecule has 0 spiro atoms. The average Bonchev–Trinajstić information content (AvgIpc) is 3.02. The zero-order valence-corrected chi connectivity index (χ0v) is 21.4. The van der Waals surface area contributed by atoms with Crippen LogP contribution in [0.4, 0.5) is 33.9 Å². The van der Waals surface area contributed by atoms with E-state index in [0.717, 1.165) is 25.3 Å². The number of ether oxygens (including phenoxy) is 1. The number of nitrogen functional groups attached to an aromatic ring is 1. The van der Waals surface area contributed by atoms with Crippen LogP contribution < -0.4 is 21.3 Å². The van der Waals surface area contributed by atoms with E-state index in [2.05, 4.69) is 35.6 Å². The Balaban J connectivity index is 1.43. The fraction of sp³-hybridized carbons (Fsp3) is 0.417. The molecular formula is C24H32N10O3. The van der Waals surface area contributed by atoms with Crippen molar-refractivity contribution in [1.82, 2.24) is 29.6 Å². The van der Waals surface area contributed by atoms with Crippen molar-refractivity contribution in [1.29, 1.82) is 0 Å². The third-order valence-electron chi connectivity index (χ3n) is 5.54. The van der Waals surface area contributed by atoms with Crippen molar-refractivity contribution >= 4 is 41.1 Å². The highest BCUT2D eigenvalue weighted by Crippen LogP contribution is 2.21. The van der Waals surface area contributed by atoms with Gasteiger partial charge in [0.15, 0.2) is 5.82 Å². The fourth-order valence-electron chi connectivity index (χ4n) is 3.82. The van der Waals surface area contributed by atoms with Gasteiger partial charge in [-0.1, -0.05) is 0 Å². The van der Waals surface area contributed by atoms with Gasteiger partial charge in [0, 0.05) is 50.5 Å². The largest absolute Gasteiger partial charge is 0.444 e. The Bertz CT molecular complexity index is 1250. The van der Waals surface area contributed by atoms with E-state index in [9.17, 15) is 9.59 Å². The lowest BCUT2D eigenvalue weighted by molar-refractivity contribution is -0.128. The van der Waals surface area contributed by atoms with Crippen LogP contribution in [0.3, 0.4) is 0 Å². The molecule has 13 heteroatoms. The Morgan fingerprint density at radius 2 is 1.70 bits per heavy atom. The summed E-state index contributed by atoms with van der Waals surface area (Å²) in [5.41, 5.74) is 6.84. The van der Waals surface area contributed by atoms with Crippen LogP contribution in [0.2, 0.25) is 0 Å². The number of rotatable bonds is 5. The highest BCUT2D eigenvalue weighted by atomic mass is 16.6. The summed E-state index contributed by atoms with van der Waals surface area (Å²) in [4.78, 5) is 40.7. The molecule has 0 atom stereocenters. The number of amides is 2. The molecule has 0 aliphatic carbocycles. The molecule has 0 unspecified atom stereocenters. The second kappa shape index (κ2) is 10.7. The average molecular weight is 509 g/mol. The summed E-state index contributed by atoms with van der Waals surface area (Å²) in [7, 11) is 0. The first kappa shape index (κ1) is 25.7. The Morgan fingerprint density at radius 1 is 1.00 bits per heavy atom. The third kappa shape index (κ3) is 6.84.